The molecule has 0 atom stereocenters. The number of benzene rings is 3. The maximum atomic E-state index is 13.3. The Bertz CT molecular complexity index is 1780. The Kier molecular flexibility index (Phi) is 6.10. The molecule has 186 valence electrons. The van der Waals surface area contributed by atoms with Crippen LogP contribution in [0.5, 0.6) is 0 Å². The highest BCUT2D eigenvalue weighted by Gasteiger charge is 2.15. The molecular formula is C26H21N5O6. The van der Waals surface area contributed by atoms with Crippen LogP contribution in [-0.4, -0.2) is 38.4 Å². The first-order chi connectivity index (χ1) is 17.9. The topological polar surface area (TPSA) is 138 Å². The number of aromatic nitrogens is 4. The maximum Gasteiger partial charge on any atom is 0.337 e. The number of ether oxygens (including phenoxy) is 1. The van der Waals surface area contributed by atoms with Crippen LogP contribution in [0.3, 0.4) is 0 Å². The first kappa shape index (κ1) is 23.7. The van der Waals surface area contributed by atoms with Gasteiger partial charge in [-0.05, 0) is 63.9 Å². The smallest absolute Gasteiger partial charge is 0.337 e. The fourth-order valence-electron chi connectivity index (χ4n) is 4.07. The van der Waals surface area contributed by atoms with Crippen LogP contribution in [0, 0.1) is 0 Å². The first-order valence-electron chi connectivity index (χ1n) is 11.3. The lowest BCUT2D eigenvalue weighted by Crippen LogP contribution is -2.39. The molecule has 0 aliphatic heterocycles. The van der Waals surface area contributed by atoms with Crippen LogP contribution in [0.15, 0.2) is 74.9 Å². The van der Waals surface area contributed by atoms with E-state index in [9.17, 15) is 19.2 Å². The van der Waals surface area contributed by atoms with E-state index >= 15 is 0 Å². The fourth-order valence-corrected chi connectivity index (χ4v) is 4.07. The molecule has 1 amide bonds. The van der Waals surface area contributed by atoms with E-state index in [1.165, 1.54) is 17.7 Å². The number of nitrogens with zero attached hydrogens (tertiary/aromatic N) is 4. The zero-order valence-corrected chi connectivity index (χ0v) is 19.9. The molecule has 0 fully saturated rings. The molecule has 5 aromatic rings. The normalized spacial score (nSPS) is 11.1. The fraction of sp³-hybridized carbons (Fsp3) is 0.154. The Labute approximate surface area is 208 Å². The molecule has 2 heterocycles. The van der Waals surface area contributed by atoms with Crippen LogP contribution in [0.1, 0.15) is 31.8 Å². The summed E-state index contributed by atoms with van der Waals surface area (Å²) in [6.07, 6.45) is 0. The Balaban J connectivity index is 1.42. The molecule has 3 aromatic carbocycles. The summed E-state index contributed by atoms with van der Waals surface area (Å²) < 4.78 is 11.8. The van der Waals surface area contributed by atoms with E-state index in [4.69, 9.17) is 4.74 Å². The van der Waals surface area contributed by atoms with Crippen LogP contribution < -0.4 is 16.6 Å². The summed E-state index contributed by atoms with van der Waals surface area (Å²) in [5, 5.41) is 10.6. The predicted molar refractivity (Wildman–Crippen MR) is 133 cm³/mol. The van der Waals surface area contributed by atoms with E-state index in [-0.39, 0.29) is 29.9 Å². The standard InChI is InChI=1S/C26H21N5O6/c1-30-22-10-8-18(23(32)27-13-16-5-9-20-21(11-16)29-37-28-20)12-19(22)24(33)31(26(30)35)14-15-3-6-17(7-4-15)25(34)36-2/h3-12H,13-14H2,1-2H3,(H,27,32). The number of methoxy groups -OCH3 is 1. The molecule has 0 bridgehead atoms. The molecule has 1 N–H and O–H groups in total. The van der Waals surface area contributed by atoms with Crippen molar-refractivity contribution in [2.45, 2.75) is 13.1 Å². The number of rotatable bonds is 6. The van der Waals surface area contributed by atoms with Crippen molar-refractivity contribution in [1.29, 1.82) is 0 Å². The molecule has 0 aliphatic carbocycles. The molecule has 0 saturated carbocycles. The van der Waals surface area contributed by atoms with Gasteiger partial charge in [0, 0.05) is 19.2 Å². The lowest BCUT2D eigenvalue weighted by Gasteiger charge is -2.12. The number of fused-ring (bicyclic) bond motifs is 2. The summed E-state index contributed by atoms with van der Waals surface area (Å²) in [6.45, 7) is 0.234. The average Bonchev–Trinajstić information content (AvgIpc) is 3.40. The molecule has 0 spiro atoms. The van der Waals surface area contributed by atoms with Gasteiger partial charge in [-0.2, -0.15) is 0 Å². The van der Waals surface area contributed by atoms with Crippen molar-refractivity contribution in [1.82, 2.24) is 24.8 Å². The Hall–Kier alpha value is -5.06. The van der Waals surface area contributed by atoms with Crippen molar-refractivity contribution >= 4 is 33.8 Å². The SMILES string of the molecule is COC(=O)c1ccc(Cn2c(=O)c3cc(C(=O)NCc4ccc5nonc5c4)ccc3n(C)c2=O)cc1. The number of carbonyl (C=O) groups excluding carboxylic acids is 2. The van der Waals surface area contributed by atoms with Gasteiger partial charge >= 0.3 is 11.7 Å². The summed E-state index contributed by atoms with van der Waals surface area (Å²) >= 11 is 0. The monoisotopic (exact) mass is 499 g/mol. The minimum absolute atomic E-state index is 0.00128. The zero-order valence-electron chi connectivity index (χ0n) is 19.9. The van der Waals surface area contributed by atoms with Gasteiger partial charge in [0.1, 0.15) is 11.0 Å². The molecule has 2 aromatic heterocycles. The third kappa shape index (κ3) is 4.49. The van der Waals surface area contributed by atoms with Crippen LogP contribution in [0.2, 0.25) is 0 Å². The van der Waals surface area contributed by atoms with E-state index in [2.05, 4.69) is 20.3 Å². The quantitative estimate of drug-likeness (QED) is 0.350. The number of carbonyl (C=O) groups is 2. The van der Waals surface area contributed by atoms with Gasteiger partial charge in [-0.3, -0.25) is 18.7 Å². The third-order valence-electron chi connectivity index (χ3n) is 6.10. The molecule has 0 aliphatic rings. The second kappa shape index (κ2) is 9.53. The highest BCUT2D eigenvalue weighted by molar-refractivity contribution is 5.97. The van der Waals surface area contributed by atoms with Crippen molar-refractivity contribution in [3.05, 3.63) is 104 Å². The van der Waals surface area contributed by atoms with E-state index < -0.39 is 17.2 Å². The highest BCUT2D eigenvalue weighted by Crippen LogP contribution is 2.14. The number of nitrogens with one attached hydrogen (secondary N) is 1. The lowest BCUT2D eigenvalue weighted by atomic mass is 10.1. The summed E-state index contributed by atoms with van der Waals surface area (Å²) in [4.78, 5) is 50.8. The van der Waals surface area contributed by atoms with Gasteiger partial charge in [0.15, 0.2) is 0 Å². The van der Waals surface area contributed by atoms with Gasteiger partial charge in [-0.25, -0.2) is 14.2 Å². The summed E-state index contributed by atoms with van der Waals surface area (Å²) in [5.41, 5.74) is 2.69. The van der Waals surface area contributed by atoms with E-state index in [0.717, 1.165) is 10.1 Å². The third-order valence-corrected chi connectivity index (χ3v) is 6.10. The number of esters is 1. The van der Waals surface area contributed by atoms with Gasteiger partial charge in [-0.15, -0.1) is 0 Å². The minimum Gasteiger partial charge on any atom is -0.465 e. The number of aryl methyl sites for hydroxylation is 1. The van der Waals surface area contributed by atoms with Crippen LogP contribution in [-0.2, 0) is 24.9 Å². The second-order valence-electron chi connectivity index (χ2n) is 8.42. The Morgan fingerprint density at radius 1 is 0.919 bits per heavy atom. The Morgan fingerprint density at radius 2 is 1.62 bits per heavy atom. The number of hydrogen-bond acceptors (Lipinski definition) is 8. The first-order valence-corrected chi connectivity index (χ1v) is 11.3. The molecule has 0 radical (unpaired) electrons. The zero-order chi connectivity index (χ0) is 26.1. The summed E-state index contributed by atoms with van der Waals surface area (Å²) in [7, 11) is 2.86. The summed E-state index contributed by atoms with van der Waals surface area (Å²) in [6, 6.07) is 16.4. The van der Waals surface area contributed by atoms with E-state index in [0.29, 0.717) is 27.7 Å². The van der Waals surface area contributed by atoms with Crippen molar-refractivity contribution < 1.29 is 19.0 Å². The van der Waals surface area contributed by atoms with Gasteiger partial charge in [0.2, 0.25) is 0 Å². The molecular weight excluding hydrogens is 478 g/mol. The van der Waals surface area contributed by atoms with E-state index in [1.807, 2.05) is 0 Å². The van der Waals surface area contributed by atoms with E-state index in [1.54, 1.807) is 61.6 Å². The maximum absolute atomic E-state index is 13.3. The minimum atomic E-state index is -0.520. The van der Waals surface area contributed by atoms with Gasteiger partial charge in [-0.1, -0.05) is 18.2 Å². The van der Waals surface area contributed by atoms with Crippen LogP contribution in [0.4, 0.5) is 0 Å². The number of amides is 1. The number of hydrogen-bond donors (Lipinski definition) is 1. The van der Waals surface area contributed by atoms with Gasteiger partial charge in [0.05, 0.1) is 30.1 Å². The lowest BCUT2D eigenvalue weighted by molar-refractivity contribution is 0.0600. The Morgan fingerprint density at radius 3 is 2.38 bits per heavy atom. The second-order valence-corrected chi connectivity index (χ2v) is 8.42. The van der Waals surface area contributed by atoms with Crippen molar-refractivity contribution in [3.63, 3.8) is 0 Å². The van der Waals surface area contributed by atoms with Gasteiger partial charge in [0.25, 0.3) is 11.5 Å². The van der Waals surface area contributed by atoms with Crippen molar-refractivity contribution in [3.8, 4) is 0 Å². The van der Waals surface area contributed by atoms with Gasteiger partial charge < -0.3 is 10.1 Å². The predicted octanol–water partition coefficient (Wildman–Crippen LogP) is 2.00. The van der Waals surface area contributed by atoms with Crippen LogP contribution >= 0.6 is 0 Å². The van der Waals surface area contributed by atoms with Crippen molar-refractivity contribution in [2.24, 2.45) is 7.05 Å². The highest BCUT2D eigenvalue weighted by atomic mass is 16.6. The molecule has 0 saturated heterocycles. The molecule has 5 rings (SSSR count). The molecule has 37 heavy (non-hydrogen) atoms. The van der Waals surface area contributed by atoms with Crippen molar-refractivity contribution in [2.75, 3.05) is 7.11 Å². The molecule has 11 nitrogen and oxygen atoms in total. The molecule has 0 unspecified atom stereocenters. The van der Waals surface area contributed by atoms with Crippen LogP contribution in [0.25, 0.3) is 21.9 Å². The molecule has 11 heteroatoms. The summed E-state index contributed by atoms with van der Waals surface area (Å²) in [5.74, 6) is -0.856. The average molecular weight is 499 g/mol. The largest absolute Gasteiger partial charge is 0.465 e.